The number of methoxy groups -OCH3 is 1. The topological polar surface area (TPSA) is 38.7 Å². The van der Waals surface area contributed by atoms with Gasteiger partial charge in [0.05, 0.1) is 13.2 Å². The van der Waals surface area contributed by atoms with Gasteiger partial charge in [-0.25, -0.2) is 0 Å². The number of rotatable bonds is 2. The molecular weight excluding hydrogens is 228 g/mol. The lowest BCUT2D eigenvalue weighted by Gasteiger charge is -2.22. The van der Waals surface area contributed by atoms with Gasteiger partial charge in [0.1, 0.15) is 5.60 Å². The first-order valence-corrected chi connectivity index (χ1v) is 6.72. The lowest BCUT2D eigenvalue weighted by atomic mass is 9.91. The normalized spacial score (nSPS) is 21.7. The molecular formula is C15H20O3. The Morgan fingerprint density at radius 3 is 2.67 bits per heavy atom. The van der Waals surface area contributed by atoms with Crippen molar-refractivity contribution in [2.24, 2.45) is 0 Å². The van der Waals surface area contributed by atoms with Gasteiger partial charge in [-0.2, -0.15) is 0 Å². The summed E-state index contributed by atoms with van der Waals surface area (Å²) in [7, 11) is 1.67. The molecule has 1 atom stereocenters. The van der Waals surface area contributed by atoms with E-state index in [-0.39, 0.29) is 5.60 Å². The highest BCUT2D eigenvalue weighted by Crippen LogP contribution is 2.50. The molecule has 0 amide bonds. The Morgan fingerprint density at radius 2 is 2.06 bits per heavy atom. The van der Waals surface area contributed by atoms with Gasteiger partial charge in [-0.1, -0.05) is 6.07 Å². The van der Waals surface area contributed by atoms with E-state index < -0.39 is 6.10 Å². The summed E-state index contributed by atoms with van der Waals surface area (Å²) in [5.41, 5.74) is 2.10. The Morgan fingerprint density at radius 1 is 1.33 bits per heavy atom. The maximum absolute atomic E-state index is 9.89. The average Bonchev–Trinajstić information content (AvgIpc) is 2.94. The van der Waals surface area contributed by atoms with Gasteiger partial charge < -0.3 is 14.6 Å². The molecule has 1 spiro atoms. The predicted molar refractivity (Wildman–Crippen MR) is 69.2 cm³/mol. The highest BCUT2D eigenvalue weighted by Gasteiger charge is 2.44. The van der Waals surface area contributed by atoms with Crippen molar-refractivity contribution in [2.45, 2.75) is 50.7 Å². The summed E-state index contributed by atoms with van der Waals surface area (Å²) in [6.07, 6.45) is 5.17. The smallest absolute Gasteiger partial charge is 0.165 e. The molecule has 0 aromatic heterocycles. The van der Waals surface area contributed by atoms with E-state index in [9.17, 15) is 5.11 Å². The van der Waals surface area contributed by atoms with Crippen LogP contribution >= 0.6 is 0 Å². The van der Waals surface area contributed by atoms with Gasteiger partial charge in [0.25, 0.3) is 0 Å². The zero-order valence-corrected chi connectivity index (χ0v) is 11.0. The first-order valence-electron chi connectivity index (χ1n) is 6.72. The van der Waals surface area contributed by atoms with Crippen LogP contribution in [-0.4, -0.2) is 17.8 Å². The number of benzene rings is 1. The second-order valence-electron chi connectivity index (χ2n) is 5.51. The Bertz CT molecular complexity index is 459. The zero-order chi connectivity index (χ0) is 12.8. The molecule has 1 aromatic carbocycles. The molecule has 98 valence electrons. The first-order chi connectivity index (χ1) is 8.65. The number of ether oxygens (including phenoxy) is 2. The third-order valence-electron chi connectivity index (χ3n) is 4.26. The third-order valence-corrected chi connectivity index (χ3v) is 4.26. The lowest BCUT2D eigenvalue weighted by molar-refractivity contribution is 0.0995. The minimum absolute atomic E-state index is 0.0272. The molecule has 3 heteroatoms. The Balaban J connectivity index is 2.06. The van der Waals surface area contributed by atoms with Crippen LogP contribution in [0.25, 0.3) is 0 Å². The third kappa shape index (κ3) is 1.69. The lowest BCUT2D eigenvalue weighted by Crippen LogP contribution is -2.30. The number of aliphatic hydroxyl groups is 1. The Labute approximate surface area is 108 Å². The van der Waals surface area contributed by atoms with Gasteiger partial charge in [-0.15, -0.1) is 0 Å². The summed E-state index contributed by atoms with van der Waals surface area (Å²) >= 11 is 0. The van der Waals surface area contributed by atoms with Crippen molar-refractivity contribution in [1.29, 1.82) is 0 Å². The molecule has 3 nitrogen and oxygen atoms in total. The summed E-state index contributed by atoms with van der Waals surface area (Å²) in [6.45, 7) is 1.81. The Hall–Kier alpha value is -1.22. The fourth-order valence-electron chi connectivity index (χ4n) is 3.34. The van der Waals surface area contributed by atoms with E-state index in [1.165, 1.54) is 12.8 Å². The van der Waals surface area contributed by atoms with Gasteiger partial charge in [0.2, 0.25) is 0 Å². The van der Waals surface area contributed by atoms with Crippen molar-refractivity contribution in [1.82, 2.24) is 0 Å². The molecule has 1 aliphatic heterocycles. The van der Waals surface area contributed by atoms with Crippen LogP contribution in [0.5, 0.6) is 11.5 Å². The maximum atomic E-state index is 9.89. The maximum Gasteiger partial charge on any atom is 0.165 e. The van der Waals surface area contributed by atoms with Crippen LogP contribution in [-0.2, 0) is 6.42 Å². The molecule has 18 heavy (non-hydrogen) atoms. The second-order valence-corrected chi connectivity index (χ2v) is 5.51. The van der Waals surface area contributed by atoms with E-state index in [1.807, 2.05) is 19.1 Å². The molecule has 1 heterocycles. The van der Waals surface area contributed by atoms with Crippen molar-refractivity contribution in [3.63, 3.8) is 0 Å². The number of hydrogen-bond donors (Lipinski definition) is 1. The predicted octanol–water partition coefficient (Wildman–Crippen LogP) is 3.00. The molecule has 1 saturated carbocycles. The molecule has 0 saturated heterocycles. The highest BCUT2D eigenvalue weighted by molar-refractivity contribution is 5.55. The van der Waals surface area contributed by atoms with Crippen LogP contribution in [0, 0.1) is 0 Å². The number of hydrogen-bond acceptors (Lipinski definition) is 3. The van der Waals surface area contributed by atoms with Crippen molar-refractivity contribution in [3.05, 3.63) is 23.3 Å². The molecule has 2 aliphatic rings. The summed E-state index contributed by atoms with van der Waals surface area (Å²) < 4.78 is 11.6. The van der Waals surface area contributed by atoms with Gasteiger partial charge in [-0.05, 0) is 44.2 Å². The fourth-order valence-corrected chi connectivity index (χ4v) is 3.34. The van der Waals surface area contributed by atoms with Crippen LogP contribution in [0.4, 0.5) is 0 Å². The van der Waals surface area contributed by atoms with Crippen LogP contribution in [0.15, 0.2) is 12.1 Å². The van der Waals surface area contributed by atoms with Crippen molar-refractivity contribution >= 4 is 0 Å². The van der Waals surface area contributed by atoms with Crippen molar-refractivity contribution in [3.8, 4) is 11.5 Å². The fraction of sp³-hybridized carbons (Fsp3) is 0.600. The molecule has 3 rings (SSSR count). The van der Waals surface area contributed by atoms with Gasteiger partial charge in [0.15, 0.2) is 11.5 Å². The van der Waals surface area contributed by atoms with Crippen LogP contribution in [0.1, 0.15) is 49.8 Å². The standard InChI is InChI=1S/C15H20O3/c1-10(16)11-5-6-13(17-2)14-12(11)9-15(18-14)7-3-4-8-15/h5-6,10,16H,3-4,7-9H2,1-2H3. The minimum atomic E-state index is -0.454. The molecule has 1 N–H and O–H groups in total. The first kappa shape index (κ1) is 11.8. The summed E-state index contributed by atoms with van der Waals surface area (Å²) in [4.78, 5) is 0. The van der Waals surface area contributed by atoms with Crippen LogP contribution in [0.2, 0.25) is 0 Å². The van der Waals surface area contributed by atoms with Gasteiger partial charge in [-0.3, -0.25) is 0 Å². The molecule has 0 radical (unpaired) electrons. The van der Waals surface area contributed by atoms with E-state index in [0.29, 0.717) is 0 Å². The molecule has 1 fully saturated rings. The largest absolute Gasteiger partial charge is 0.493 e. The van der Waals surface area contributed by atoms with E-state index in [0.717, 1.165) is 41.9 Å². The summed E-state index contributed by atoms with van der Waals surface area (Å²) in [6, 6.07) is 3.86. The van der Waals surface area contributed by atoms with Gasteiger partial charge >= 0.3 is 0 Å². The summed E-state index contributed by atoms with van der Waals surface area (Å²) in [5, 5.41) is 9.89. The molecule has 1 aromatic rings. The average molecular weight is 248 g/mol. The zero-order valence-electron chi connectivity index (χ0n) is 11.0. The minimum Gasteiger partial charge on any atom is -0.493 e. The van der Waals surface area contributed by atoms with Crippen LogP contribution in [0.3, 0.4) is 0 Å². The molecule has 1 aliphatic carbocycles. The van der Waals surface area contributed by atoms with E-state index in [4.69, 9.17) is 9.47 Å². The van der Waals surface area contributed by atoms with E-state index >= 15 is 0 Å². The van der Waals surface area contributed by atoms with Crippen LogP contribution < -0.4 is 9.47 Å². The monoisotopic (exact) mass is 248 g/mol. The molecule has 0 bridgehead atoms. The summed E-state index contributed by atoms with van der Waals surface area (Å²) in [5.74, 6) is 1.65. The number of fused-ring (bicyclic) bond motifs is 1. The second kappa shape index (κ2) is 4.16. The van der Waals surface area contributed by atoms with E-state index in [1.54, 1.807) is 7.11 Å². The highest BCUT2D eigenvalue weighted by atomic mass is 16.5. The van der Waals surface area contributed by atoms with Gasteiger partial charge in [0, 0.05) is 12.0 Å². The van der Waals surface area contributed by atoms with Crippen molar-refractivity contribution < 1.29 is 14.6 Å². The molecule has 1 unspecified atom stereocenters. The van der Waals surface area contributed by atoms with Crippen molar-refractivity contribution in [2.75, 3.05) is 7.11 Å². The number of aliphatic hydroxyl groups excluding tert-OH is 1. The quantitative estimate of drug-likeness (QED) is 0.874. The SMILES string of the molecule is COc1ccc(C(C)O)c2c1OC1(CCCC1)C2. The Kier molecular flexibility index (Phi) is 2.74. The van der Waals surface area contributed by atoms with E-state index in [2.05, 4.69) is 0 Å².